The van der Waals surface area contributed by atoms with Gasteiger partial charge >= 0.3 is 0 Å². The number of nitrogens with zero attached hydrogens (tertiary/aromatic N) is 5. The van der Waals surface area contributed by atoms with Crippen molar-refractivity contribution in [3.8, 4) is 0 Å². The molecule has 2 aliphatic heterocycles. The third-order valence-electron chi connectivity index (χ3n) is 4.90. The first-order chi connectivity index (χ1) is 10.7. The van der Waals surface area contributed by atoms with Gasteiger partial charge in [0.15, 0.2) is 5.96 Å². The Hall–Kier alpha value is -1.59. The largest absolute Gasteiger partial charge is 0.370 e. The number of hydrogen-bond donors (Lipinski definition) is 1. The van der Waals surface area contributed by atoms with Crippen LogP contribution in [0.2, 0.25) is 0 Å². The maximum absolute atomic E-state index is 6.13. The quantitative estimate of drug-likeness (QED) is 0.680. The van der Waals surface area contributed by atoms with Gasteiger partial charge in [-0.05, 0) is 31.6 Å². The van der Waals surface area contributed by atoms with Crippen molar-refractivity contribution in [2.75, 3.05) is 19.6 Å². The lowest BCUT2D eigenvalue weighted by Crippen LogP contribution is -2.42. The van der Waals surface area contributed by atoms with E-state index in [1.54, 1.807) is 0 Å². The smallest absolute Gasteiger partial charge is 0.191 e. The molecule has 1 aromatic rings. The highest BCUT2D eigenvalue weighted by Crippen LogP contribution is 2.16. The van der Waals surface area contributed by atoms with Gasteiger partial charge in [0.25, 0.3) is 0 Å². The average Bonchev–Trinajstić information content (AvgIpc) is 2.76. The monoisotopic (exact) mass is 304 g/mol. The van der Waals surface area contributed by atoms with Gasteiger partial charge in [0, 0.05) is 39.0 Å². The van der Waals surface area contributed by atoms with Gasteiger partial charge in [-0.25, -0.2) is 0 Å². The lowest BCUT2D eigenvalue weighted by molar-refractivity contribution is 0.277. The number of aryl methyl sites for hydroxylation is 1. The van der Waals surface area contributed by atoms with Gasteiger partial charge in [-0.15, -0.1) is 10.2 Å². The Morgan fingerprint density at radius 2 is 2.00 bits per heavy atom. The predicted octanol–water partition coefficient (Wildman–Crippen LogP) is 1.59. The third kappa shape index (κ3) is 3.59. The Balaban J connectivity index is 1.54. The van der Waals surface area contributed by atoms with E-state index in [1.165, 1.54) is 32.1 Å². The Bertz CT molecular complexity index is 513. The number of fused-ring (bicyclic) bond motifs is 1. The summed E-state index contributed by atoms with van der Waals surface area (Å²) in [4.78, 5) is 6.77. The summed E-state index contributed by atoms with van der Waals surface area (Å²) in [7, 11) is 0. The molecule has 0 unspecified atom stereocenters. The van der Waals surface area contributed by atoms with Crippen LogP contribution in [0, 0.1) is 5.92 Å². The van der Waals surface area contributed by atoms with Crippen LogP contribution in [0.4, 0.5) is 0 Å². The fourth-order valence-corrected chi connectivity index (χ4v) is 3.34. The van der Waals surface area contributed by atoms with Crippen molar-refractivity contribution >= 4 is 5.96 Å². The lowest BCUT2D eigenvalue weighted by Gasteiger charge is -2.31. The van der Waals surface area contributed by atoms with Crippen LogP contribution in [0.3, 0.4) is 0 Å². The van der Waals surface area contributed by atoms with Gasteiger partial charge in [0.2, 0.25) is 0 Å². The number of piperidine rings is 1. The molecule has 3 heterocycles. The minimum atomic E-state index is 0.697. The number of rotatable bonds is 3. The second-order valence-electron chi connectivity index (χ2n) is 6.65. The SMILES string of the molecule is CC1CCN(C(N)=NCCc2nnc3n2CCCCC3)CC1. The molecule has 0 bridgehead atoms. The van der Waals surface area contributed by atoms with Crippen LogP contribution in [0.1, 0.15) is 50.7 Å². The highest BCUT2D eigenvalue weighted by Gasteiger charge is 2.17. The summed E-state index contributed by atoms with van der Waals surface area (Å²) in [6.07, 6.45) is 8.08. The van der Waals surface area contributed by atoms with Gasteiger partial charge < -0.3 is 15.2 Å². The molecule has 0 atom stereocenters. The zero-order valence-corrected chi connectivity index (χ0v) is 13.7. The number of likely N-dealkylation sites (tertiary alicyclic amines) is 1. The van der Waals surface area contributed by atoms with Crippen molar-refractivity contribution in [1.82, 2.24) is 19.7 Å². The van der Waals surface area contributed by atoms with Gasteiger partial charge in [-0.1, -0.05) is 13.3 Å². The van der Waals surface area contributed by atoms with Crippen molar-refractivity contribution in [3.63, 3.8) is 0 Å². The topological polar surface area (TPSA) is 72.3 Å². The van der Waals surface area contributed by atoms with E-state index >= 15 is 0 Å². The van der Waals surface area contributed by atoms with E-state index in [1.807, 2.05) is 0 Å². The number of aromatic nitrogens is 3. The molecule has 0 amide bonds. The van der Waals surface area contributed by atoms with Crippen LogP contribution in [-0.2, 0) is 19.4 Å². The molecule has 122 valence electrons. The van der Waals surface area contributed by atoms with Gasteiger partial charge in [0.1, 0.15) is 11.6 Å². The first-order valence-corrected chi connectivity index (χ1v) is 8.70. The van der Waals surface area contributed by atoms with Gasteiger partial charge in [-0.2, -0.15) is 0 Å². The summed E-state index contributed by atoms with van der Waals surface area (Å²) < 4.78 is 2.29. The number of aliphatic imine (C=N–C) groups is 1. The van der Waals surface area contributed by atoms with Crippen molar-refractivity contribution in [2.24, 2.45) is 16.6 Å². The molecule has 1 saturated heterocycles. The third-order valence-corrected chi connectivity index (χ3v) is 4.90. The molecular weight excluding hydrogens is 276 g/mol. The zero-order valence-electron chi connectivity index (χ0n) is 13.7. The molecule has 1 aromatic heterocycles. The van der Waals surface area contributed by atoms with E-state index in [9.17, 15) is 0 Å². The van der Waals surface area contributed by atoms with E-state index in [4.69, 9.17) is 5.73 Å². The molecule has 0 spiro atoms. The highest BCUT2D eigenvalue weighted by molar-refractivity contribution is 5.78. The highest BCUT2D eigenvalue weighted by atomic mass is 15.3. The molecule has 6 heteroatoms. The lowest BCUT2D eigenvalue weighted by atomic mass is 10.00. The van der Waals surface area contributed by atoms with Gasteiger partial charge in [0.05, 0.1) is 0 Å². The molecular formula is C16H28N6. The maximum atomic E-state index is 6.13. The number of guanidine groups is 1. The van der Waals surface area contributed by atoms with E-state index in [0.717, 1.165) is 50.0 Å². The second kappa shape index (κ2) is 7.11. The minimum absolute atomic E-state index is 0.697. The summed E-state index contributed by atoms with van der Waals surface area (Å²) in [5.41, 5.74) is 6.13. The zero-order chi connectivity index (χ0) is 15.4. The molecule has 1 fully saturated rings. The van der Waals surface area contributed by atoms with E-state index in [2.05, 4.69) is 31.6 Å². The van der Waals surface area contributed by atoms with E-state index < -0.39 is 0 Å². The van der Waals surface area contributed by atoms with Gasteiger partial charge in [-0.3, -0.25) is 4.99 Å². The molecule has 2 aliphatic rings. The molecule has 2 N–H and O–H groups in total. The Labute approximate surface area is 132 Å². The van der Waals surface area contributed by atoms with E-state index in [0.29, 0.717) is 12.5 Å². The van der Waals surface area contributed by atoms with Crippen LogP contribution in [0.25, 0.3) is 0 Å². The molecule has 3 rings (SSSR count). The van der Waals surface area contributed by atoms with Crippen LogP contribution in [-0.4, -0.2) is 45.3 Å². The normalized spacial score (nSPS) is 20.8. The van der Waals surface area contributed by atoms with Crippen molar-refractivity contribution in [1.29, 1.82) is 0 Å². The number of nitrogens with two attached hydrogens (primary N) is 1. The molecule has 22 heavy (non-hydrogen) atoms. The fourth-order valence-electron chi connectivity index (χ4n) is 3.34. The summed E-state index contributed by atoms with van der Waals surface area (Å²) in [5, 5.41) is 8.68. The molecule has 0 aliphatic carbocycles. The Kier molecular flexibility index (Phi) is 4.95. The standard InChI is InChI=1S/C16H28N6/c1-13-7-11-21(12-8-13)16(17)18-9-6-15-20-19-14-5-3-2-4-10-22(14)15/h13H,2-12H2,1H3,(H2,17,18). The van der Waals surface area contributed by atoms with Crippen molar-refractivity contribution in [3.05, 3.63) is 11.6 Å². The first-order valence-electron chi connectivity index (χ1n) is 8.70. The predicted molar refractivity (Wildman–Crippen MR) is 87.7 cm³/mol. The van der Waals surface area contributed by atoms with Crippen molar-refractivity contribution in [2.45, 2.75) is 58.4 Å². The summed E-state index contributed by atoms with van der Waals surface area (Å²) >= 11 is 0. The van der Waals surface area contributed by atoms with Crippen LogP contribution in [0.15, 0.2) is 4.99 Å². The maximum Gasteiger partial charge on any atom is 0.191 e. The summed E-state index contributed by atoms with van der Waals surface area (Å²) in [6.45, 7) is 6.15. The first kappa shape index (κ1) is 15.3. The van der Waals surface area contributed by atoms with Crippen LogP contribution < -0.4 is 5.73 Å². The molecule has 0 saturated carbocycles. The van der Waals surface area contributed by atoms with E-state index in [-0.39, 0.29) is 0 Å². The molecule has 0 aromatic carbocycles. The minimum Gasteiger partial charge on any atom is -0.370 e. The fraction of sp³-hybridized carbons (Fsp3) is 0.812. The Morgan fingerprint density at radius 3 is 2.82 bits per heavy atom. The summed E-state index contributed by atoms with van der Waals surface area (Å²) in [5.74, 6) is 3.73. The second-order valence-corrected chi connectivity index (χ2v) is 6.65. The molecule has 6 nitrogen and oxygen atoms in total. The average molecular weight is 304 g/mol. The van der Waals surface area contributed by atoms with Crippen molar-refractivity contribution < 1.29 is 0 Å². The Morgan fingerprint density at radius 1 is 1.18 bits per heavy atom. The summed E-state index contributed by atoms with van der Waals surface area (Å²) in [6, 6.07) is 0. The van der Waals surface area contributed by atoms with Crippen LogP contribution >= 0.6 is 0 Å². The number of hydrogen-bond acceptors (Lipinski definition) is 3. The molecule has 0 radical (unpaired) electrons. The van der Waals surface area contributed by atoms with Crippen LogP contribution in [0.5, 0.6) is 0 Å².